The van der Waals surface area contributed by atoms with E-state index in [-0.39, 0.29) is 16.5 Å². The van der Waals surface area contributed by atoms with Crippen LogP contribution in [0, 0.1) is 23.1 Å². The minimum Gasteiger partial charge on any atom is -0.336 e. The standard InChI is InChI=1S/C12H10ClFN2O/c13-9-4-3-8(5-10(9)14)12(17)16-11(6-15)7-1-2-7/h3-5,7,11H,1-2H2,(H,16,17). The van der Waals surface area contributed by atoms with E-state index in [0.717, 1.165) is 18.9 Å². The summed E-state index contributed by atoms with van der Waals surface area (Å²) in [5.74, 6) is -0.848. The van der Waals surface area contributed by atoms with Gasteiger partial charge in [-0.15, -0.1) is 0 Å². The number of amides is 1. The van der Waals surface area contributed by atoms with Gasteiger partial charge >= 0.3 is 0 Å². The summed E-state index contributed by atoms with van der Waals surface area (Å²) in [5, 5.41) is 11.4. The number of carbonyl (C=O) groups is 1. The van der Waals surface area contributed by atoms with Crippen molar-refractivity contribution in [2.75, 3.05) is 0 Å². The molecule has 1 unspecified atom stereocenters. The zero-order chi connectivity index (χ0) is 12.4. The first kappa shape index (κ1) is 11.9. The third-order valence-electron chi connectivity index (χ3n) is 2.70. The smallest absolute Gasteiger partial charge is 0.252 e. The zero-order valence-corrected chi connectivity index (χ0v) is 9.67. The summed E-state index contributed by atoms with van der Waals surface area (Å²) in [6, 6.07) is 5.38. The molecule has 1 aliphatic carbocycles. The summed E-state index contributed by atoms with van der Waals surface area (Å²) in [5.41, 5.74) is 0.174. The lowest BCUT2D eigenvalue weighted by Crippen LogP contribution is -2.35. The number of nitrogens with zero attached hydrogens (tertiary/aromatic N) is 1. The molecule has 5 heteroatoms. The molecule has 1 amide bonds. The molecule has 0 heterocycles. The van der Waals surface area contributed by atoms with Gasteiger partial charge in [0.05, 0.1) is 11.1 Å². The minimum absolute atomic E-state index is 0.0272. The van der Waals surface area contributed by atoms with Crippen molar-refractivity contribution < 1.29 is 9.18 Å². The molecule has 1 aromatic rings. The number of nitrogens with one attached hydrogen (secondary N) is 1. The summed E-state index contributed by atoms with van der Waals surface area (Å²) in [6.07, 6.45) is 1.90. The molecule has 88 valence electrons. The second-order valence-electron chi connectivity index (χ2n) is 4.05. The van der Waals surface area contributed by atoms with Crippen LogP contribution in [-0.2, 0) is 0 Å². The summed E-state index contributed by atoms with van der Waals surface area (Å²) >= 11 is 5.52. The fourth-order valence-electron chi connectivity index (χ4n) is 1.55. The van der Waals surface area contributed by atoms with Crippen LogP contribution in [0.1, 0.15) is 23.2 Å². The second kappa shape index (κ2) is 4.72. The molecule has 0 saturated heterocycles. The number of rotatable bonds is 3. The molecule has 0 radical (unpaired) electrons. The van der Waals surface area contributed by atoms with Gasteiger partial charge in [0, 0.05) is 5.56 Å². The van der Waals surface area contributed by atoms with Crippen molar-refractivity contribution in [3.8, 4) is 6.07 Å². The van der Waals surface area contributed by atoms with E-state index in [1.54, 1.807) is 0 Å². The Kier molecular flexibility index (Phi) is 3.30. The van der Waals surface area contributed by atoms with Gasteiger partial charge in [0.25, 0.3) is 5.91 Å². The van der Waals surface area contributed by atoms with E-state index in [1.165, 1.54) is 12.1 Å². The molecular weight excluding hydrogens is 243 g/mol. The Morgan fingerprint density at radius 1 is 1.59 bits per heavy atom. The summed E-state index contributed by atoms with van der Waals surface area (Å²) in [7, 11) is 0. The van der Waals surface area contributed by atoms with Gasteiger partial charge < -0.3 is 5.32 Å². The highest BCUT2D eigenvalue weighted by Crippen LogP contribution is 2.32. The fraction of sp³-hybridized carbons (Fsp3) is 0.333. The molecule has 1 saturated carbocycles. The maximum absolute atomic E-state index is 13.2. The molecule has 0 spiro atoms. The molecule has 1 fully saturated rings. The van der Waals surface area contributed by atoms with Gasteiger partial charge in [-0.3, -0.25) is 4.79 Å². The highest BCUT2D eigenvalue weighted by molar-refractivity contribution is 6.30. The number of hydrogen-bond donors (Lipinski definition) is 1. The van der Waals surface area contributed by atoms with Gasteiger partial charge in [-0.1, -0.05) is 11.6 Å². The van der Waals surface area contributed by atoms with Crippen LogP contribution in [0.4, 0.5) is 4.39 Å². The molecule has 3 nitrogen and oxygen atoms in total. The van der Waals surface area contributed by atoms with Crippen LogP contribution >= 0.6 is 11.6 Å². The first-order valence-electron chi connectivity index (χ1n) is 5.27. The zero-order valence-electron chi connectivity index (χ0n) is 8.91. The molecule has 0 aliphatic heterocycles. The number of halogens is 2. The van der Waals surface area contributed by atoms with Crippen molar-refractivity contribution in [1.82, 2.24) is 5.32 Å². The van der Waals surface area contributed by atoms with E-state index >= 15 is 0 Å². The van der Waals surface area contributed by atoms with E-state index in [1.807, 2.05) is 6.07 Å². The molecule has 1 atom stereocenters. The third-order valence-corrected chi connectivity index (χ3v) is 3.01. The van der Waals surface area contributed by atoms with E-state index in [0.29, 0.717) is 0 Å². The molecular formula is C12H10ClFN2O. The molecule has 0 bridgehead atoms. The van der Waals surface area contributed by atoms with Crippen LogP contribution in [0.3, 0.4) is 0 Å². The van der Waals surface area contributed by atoms with Crippen LogP contribution < -0.4 is 5.32 Å². The largest absolute Gasteiger partial charge is 0.336 e. The summed E-state index contributed by atoms with van der Waals surface area (Å²) in [6.45, 7) is 0. The Morgan fingerprint density at radius 3 is 2.82 bits per heavy atom. The van der Waals surface area contributed by atoms with Crippen LogP contribution in [0.5, 0.6) is 0 Å². The average molecular weight is 253 g/mol. The predicted octanol–water partition coefficient (Wildman–Crippen LogP) is 2.51. The van der Waals surface area contributed by atoms with Crippen molar-refractivity contribution in [3.63, 3.8) is 0 Å². The highest BCUT2D eigenvalue weighted by Gasteiger charge is 2.32. The monoisotopic (exact) mass is 252 g/mol. The SMILES string of the molecule is N#CC(NC(=O)c1ccc(Cl)c(F)c1)C1CC1. The first-order chi connectivity index (χ1) is 8.11. The van der Waals surface area contributed by atoms with Crippen molar-refractivity contribution in [3.05, 3.63) is 34.6 Å². The Balaban J connectivity index is 2.08. The van der Waals surface area contributed by atoms with Gasteiger partial charge in [-0.05, 0) is 37.0 Å². The van der Waals surface area contributed by atoms with Crippen LogP contribution in [0.2, 0.25) is 5.02 Å². The lowest BCUT2D eigenvalue weighted by Gasteiger charge is -2.10. The van der Waals surface area contributed by atoms with Crippen LogP contribution in [0.15, 0.2) is 18.2 Å². The van der Waals surface area contributed by atoms with Gasteiger partial charge in [-0.25, -0.2) is 4.39 Å². The van der Waals surface area contributed by atoms with Gasteiger partial charge in [0.15, 0.2) is 0 Å². The van der Waals surface area contributed by atoms with E-state index in [2.05, 4.69) is 5.32 Å². The van der Waals surface area contributed by atoms with Crippen LogP contribution in [-0.4, -0.2) is 11.9 Å². The number of hydrogen-bond acceptors (Lipinski definition) is 2. The molecule has 1 aromatic carbocycles. The highest BCUT2D eigenvalue weighted by atomic mass is 35.5. The van der Waals surface area contributed by atoms with Gasteiger partial charge in [0.1, 0.15) is 11.9 Å². The lowest BCUT2D eigenvalue weighted by molar-refractivity contribution is 0.0941. The topological polar surface area (TPSA) is 52.9 Å². The van der Waals surface area contributed by atoms with Gasteiger partial charge in [0.2, 0.25) is 0 Å². The van der Waals surface area contributed by atoms with Gasteiger partial charge in [-0.2, -0.15) is 5.26 Å². The third kappa shape index (κ3) is 2.75. The Bertz CT molecular complexity index is 494. The summed E-state index contributed by atoms with van der Waals surface area (Å²) < 4.78 is 13.2. The lowest BCUT2D eigenvalue weighted by atomic mass is 10.1. The average Bonchev–Trinajstić information content (AvgIpc) is 3.13. The van der Waals surface area contributed by atoms with E-state index < -0.39 is 17.8 Å². The van der Waals surface area contributed by atoms with Crippen molar-refractivity contribution in [1.29, 1.82) is 5.26 Å². The second-order valence-corrected chi connectivity index (χ2v) is 4.45. The molecule has 2 rings (SSSR count). The normalized spacial score (nSPS) is 16.1. The quantitative estimate of drug-likeness (QED) is 0.899. The molecule has 0 aromatic heterocycles. The minimum atomic E-state index is -0.640. The van der Waals surface area contributed by atoms with E-state index in [9.17, 15) is 9.18 Å². The first-order valence-corrected chi connectivity index (χ1v) is 5.65. The molecule has 1 aliphatic rings. The number of carbonyl (C=O) groups excluding carboxylic acids is 1. The van der Waals surface area contributed by atoms with Crippen LogP contribution in [0.25, 0.3) is 0 Å². The Hall–Kier alpha value is -1.60. The number of nitriles is 1. The predicted molar refractivity (Wildman–Crippen MR) is 61.0 cm³/mol. The summed E-state index contributed by atoms with van der Waals surface area (Å²) in [4.78, 5) is 11.7. The number of benzene rings is 1. The fourth-order valence-corrected chi connectivity index (χ4v) is 1.66. The van der Waals surface area contributed by atoms with Crippen molar-refractivity contribution in [2.45, 2.75) is 18.9 Å². The van der Waals surface area contributed by atoms with E-state index in [4.69, 9.17) is 16.9 Å². The maximum Gasteiger partial charge on any atom is 0.252 e. The van der Waals surface area contributed by atoms with Crippen molar-refractivity contribution in [2.24, 2.45) is 5.92 Å². The Morgan fingerprint density at radius 2 is 2.29 bits per heavy atom. The molecule has 1 N–H and O–H groups in total. The Labute approximate surface area is 103 Å². The van der Waals surface area contributed by atoms with Crippen molar-refractivity contribution >= 4 is 17.5 Å². The maximum atomic E-state index is 13.2. The molecule has 17 heavy (non-hydrogen) atoms.